The Morgan fingerprint density at radius 3 is 2.12 bits per heavy atom. The highest BCUT2D eigenvalue weighted by Crippen LogP contribution is 2.48. The Morgan fingerprint density at radius 2 is 1.55 bits per heavy atom. The molecule has 4 rings (SSSR count). The molecule has 3 aromatic rings. The van der Waals surface area contributed by atoms with E-state index >= 15 is 0 Å². The molecule has 0 saturated carbocycles. The maximum absolute atomic E-state index is 12.3. The molecule has 1 heterocycles. The third-order valence-corrected chi connectivity index (χ3v) is 7.96. The van der Waals surface area contributed by atoms with Gasteiger partial charge in [-0.1, -0.05) is 65.0 Å². The summed E-state index contributed by atoms with van der Waals surface area (Å²) in [6.07, 6.45) is 3.32. The first-order valence-corrected chi connectivity index (χ1v) is 12.2. The fraction of sp³-hybridized carbons (Fsp3) is 0.433. The summed E-state index contributed by atoms with van der Waals surface area (Å²) in [7, 11) is 0. The van der Waals surface area contributed by atoms with Gasteiger partial charge in [-0.2, -0.15) is 0 Å². The molecular weight excluding hydrogens is 404 g/mol. The highest BCUT2D eigenvalue weighted by Gasteiger charge is 2.38. The van der Waals surface area contributed by atoms with Crippen LogP contribution in [0.3, 0.4) is 0 Å². The van der Waals surface area contributed by atoms with Crippen molar-refractivity contribution in [2.75, 3.05) is 0 Å². The zero-order chi connectivity index (χ0) is 24.1. The van der Waals surface area contributed by atoms with Gasteiger partial charge < -0.3 is 10.3 Å². The minimum absolute atomic E-state index is 0.126. The fourth-order valence-corrected chi connectivity index (χ4v) is 5.47. The van der Waals surface area contributed by atoms with Gasteiger partial charge in [-0.25, -0.2) is 0 Å². The highest BCUT2D eigenvalue weighted by atomic mass is 16.1. The summed E-state index contributed by atoms with van der Waals surface area (Å²) in [4.78, 5) is 12.3. The van der Waals surface area contributed by atoms with E-state index in [1.54, 1.807) is 0 Å². The van der Waals surface area contributed by atoms with Crippen molar-refractivity contribution >= 4 is 5.91 Å². The first-order valence-electron chi connectivity index (χ1n) is 12.2. The third-order valence-electron chi connectivity index (χ3n) is 7.96. The molecule has 0 spiro atoms. The summed E-state index contributed by atoms with van der Waals surface area (Å²) in [6.45, 7) is 16.6. The number of carbonyl (C=O) groups is 1. The Labute approximate surface area is 199 Å². The average molecular weight is 443 g/mol. The lowest BCUT2D eigenvalue weighted by atomic mass is 9.62. The predicted octanol–water partition coefficient (Wildman–Crippen LogP) is 6.83. The second-order valence-corrected chi connectivity index (χ2v) is 11.1. The Balaban J connectivity index is 1.98. The van der Waals surface area contributed by atoms with Crippen LogP contribution < -0.4 is 5.73 Å². The molecule has 2 N–H and O–H groups in total. The summed E-state index contributed by atoms with van der Waals surface area (Å²) in [6, 6.07) is 15.3. The van der Waals surface area contributed by atoms with Gasteiger partial charge in [0.2, 0.25) is 0 Å². The number of amides is 1. The molecule has 3 nitrogen and oxygen atoms in total. The number of nitrogens with zero attached hydrogens (tertiary/aromatic N) is 1. The van der Waals surface area contributed by atoms with Gasteiger partial charge in [0, 0.05) is 23.5 Å². The Kier molecular flexibility index (Phi) is 5.80. The lowest BCUT2D eigenvalue weighted by Gasteiger charge is -2.42. The zero-order valence-corrected chi connectivity index (χ0v) is 21.3. The van der Waals surface area contributed by atoms with Gasteiger partial charge >= 0.3 is 0 Å². The van der Waals surface area contributed by atoms with E-state index < -0.39 is 0 Å². The van der Waals surface area contributed by atoms with Crippen molar-refractivity contribution in [3.05, 3.63) is 81.5 Å². The minimum Gasteiger partial charge on any atom is -0.366 e. The van der Waals surface area contributed by atoms with Crippen LogP contribution in [0.1, 0.15) is 91.3 Å². The minimum atomic E-state index is -0.366. The van der Waals surface area contributed by atoms with Gasteiger partial charge in [0.05, 0.1) is 5.56 Å². The first-order chi connectivity index (χ1) is 15.5. The normalized spacial score (nSPS) is 16.5. The number of carbonyl (C=O) groups excluding carboxylic acids is 1. The molecule has 0 atom stereocenters. The van der Waals surface area contributed by atoms with E-state index in [0.717, 1.165) is 24.4 Å². The Morgan fingerprint density at radius 1 is 0.939 bits per heavy atom. The van der Waals surface area contributed by atoms with E-state index in [2.05, 4.69) is 82.5 Å². The number of aromatic nitrogens is 1. The van der Waals surface area contributed by atoms with Crippen molar-refractivity contribution < 1.29 is 4.79 Å². The van der Waals surface area contributed by atoms with Crippen molar-refractivity contribution in [2.45, 2.75) is 85.1 Å². The van der Waals surface area contributed by atoms with Crippen LogP contribution in [0, 0.1) is 13.8 Å². The van der Waals surface area contributed by atoms with Crippen molar-refractivity contribution in [1.82, 2.24) is 4.57 Å². The molecule has 2 aromatic carbocycles. The standard InChI is InChI=1S/C30H38N2O/c1-8-21-15-25-26(30(6,7)14-13-29(25,4)5)16-24(21)27-17-23(28(31)33)20(3)32(27)18-22-12-10-9-11-19(22)2/h9-12,15-17H,8,13-14,18H2,1-7H3,(H2,31,33). The molecule has 1 aromatic heterocycles. The van der Waals surface area contributed by atoms with Gasteiger partial charge in [0.15, 0.2) is 0 Å². The smallest absolute Gasteiger partial charge is 0.250 e. The lowest BCUT2D eigenvalue weighted by molar-refractivity contribution is 0.0999. The van der Waals surface area contributed by atoms with Crippen LogP contribution in [0.5, 0.6) is 0 Å². The summed E-state index contributed by atoms with van der Waals surface area (Å²) in [5.41, 5.74) is 16.7. The monoisotopic (exact) mass is 442 g/mol. The topological polar surface area (TPSA) is 48.0 Å². The summed E-state index contributed by atoms with van der Waals surface area (Å²) < 4.78 is 2.28. The maximum Gasteiger partial charge on any atom is 0.250 e. The molecule has 0 fully saturated rings. The number of rotatable bonds is 5. The molecule has 174 valence electrons. The number of primary amides is 1. The van der Waals surface area contributed by atoms with Crippen molar-refractivity contribution in [1.29, 1.82) is 0 Å². The number of hydrogen-bond acceptors (Lipinski definition) is 1. The van der Waals surface area contributed by atoms with Crippen molar-refractivity contribution in [3.63, 3.8) is 0 Å². The van der Waals surface area contributed by atoms with E-state index in [4.69, 9.17) is 5.73 Å². The second-order valence-electron chi connectivity index (χ2n) is 11.1. The molecule has 33 heavy (non-hydrogen) atoms. The number of fused-ring (bicyclic) bond motifs is 1. The largest absolute Gasteiger partial charge is 0.366 e. The fourth-order valence-electron chi connectivity index (χ4n) is 5.47. The van der Waals surface area contributed by atoms with Gasteiger partial charge in [-0.15, -0.1) is 0 Å². The van der Waals surface area contributed by atoms with Crippen LogP contribution >= 0.6 is 0 Å². The zero-order valence-electron chi connectivity index (χ0n) is 21.3. The average Bonchev–Trinajstić information content (AvgIpc) is 3.08. The molecular formula is C30H38N2O. The molecule has 1 aliphatic rings. The molecule has 1 aliphatic carbocycles. The SMILES string of the molecule is CCc1cc2c(cc1-c1cc(C(N)=O)c(C)n1Cc1ccccc1C)C(C)(C)CCC2(C)C. The Hall–Kier alpha value is -2.81. The molecule has 1 amide bonds. The van der Waals surface area contributed by atoms with E-state index in [1.807, 2.05) is 13.0 Å². The van der Waals surface area contributed by atoms with Crippen LogP contribution in [0.15, 0.2) is 42.5 Å². The second kappa shape index (κ2) is 8.20. The van der Waals surface area contributed by atoms with Gasteiger partial charge in [0.25, 0.3) is 5.91 Å². The van der Waals surface area contributed by atoms with E-state index in [0.29, 0.717) is 5.56 Å². The van der Waals surface area contributed by atoms with Gasteiger partial charge in [-0.05, 0) is 83.9 Å². The summed E-state index contributed by atoms with van der Waals surface area (Å²) >= 11 is 0. The summed E-state index contributed by atoms with van der Waals surface area (Å²) in [5, 5.41) is 0. The van der Waals surface area contributed by atoms with E-state index in [-0.39, 0.29) is 16.7 Å². The number of aryl methyl sites for hydroxylation is 2. The molecule has 0 aliphatic heterocycles. The molecule has 0 saturated heterocycles. The third kappa shape index (κ3) is 4.03. The molecule has 0 bridgehead atoms. The van der Waals surface area contributed by atoms with Crippen LogP contribution in [0.2, 0.25) is 0 Å². The highest BCUT2D eigenvalue weighted by molar-refractivity contribution is 5.96. The predicted molar refractivity (Wildman–Crippen MR) is 138 cm³/mol. The quantitative estimate of drug-likeness (QED) is 0.462. The number of hydrogen-bond donors (Lipinski definition) is 1. The van der Waals surface area contributed by atoms with Crippen LogP contribution in [-0.4, -0.2) is 10.5 Å². The number of nitrogens with two attached hydrogens (primary N) is 1. The molecule has 0 radical (unpaired) electrons. The van der Waals surface area contributed by atoms with Gasteiger partial charge in [0.1, 0.15) is 0 Å². The van der Waals surface area contributed by atoms with Crippen LogP contribution in [-0.2, 0) is 23.8 Å². The van der Waals surface area contributed by atoms with Crippen LogP contribution in [0.25, 0.3) is 11.3 Å². The first kappa shape index (κ1) is 23.4. The van der Waals surface area contributed by atoms with E-state index in [9.17, 15) is 4.79 Å². The summed E-state index contributed by atoms with van der Waals surface area (Å²) in [5.74, 6) is -0.366. The van der Waals surface area contributed by atoms with Crippen molar-refractivity contribution in [3.8, 4) is 11.3 Å². The lowest BCUT2D eigenvalue weighted by Crippen LogP contribution is -2.34. The van der Waals surface area contributed by atoms with Crippen LogP contribution in [0.4, 0.5) is 0 Å². The molecule has 3 heteroatoms. The van der Waals surface area contributed by atoms with Crippen molar-refractivity contribution in [2.24, 2.45) is 5.73 Å². The van der Waals surface area contributed by atoms with Gasteiger partial charge in [-0.3, -0.25) is 4.79 Å². The Bertz CT molecular complexity index is 1230. The van der Waals surface area contributed by atoms with E-state index in [1.165, 1.54) is 46.2 Å². The molecule has 0 unspecified atom stereocenters. The number of benzene rings is 2. The maximum atomic E-state index is 12.3.